The monoisotopic (exact) mass is 394 g/mol. The van der Waals surface area contributed by atoms with Gasteiger partial charge in [-0.15, -0.1) is 0 Å². The number of piperazine rings is 1. The van der Waals surface area contributed by atoms with E-state index in [0.717, 1.165) is 11.1 Å². The molecule has 1 fully saturated rings. The highest BCUT2D eigenvalue weighted by molar-refractivity contribution is 5.88. The van der Waals surface area contributed by atoms with Crippen LogP contribution in [0.2, 0.25) is 0 Å². The molecule has 2 atom stereocenters. The Labute approximate surface area is 171 Å². The number of hydrogen-bond donors (Lipinski definition) is 0. The molecule has 0 radical (unpaired) electrons. The molecular weight excluding hydrogens is 367 g/mol. The Morgan fingerprint density at radius 2 is 1.86 bits per heavy atom. The summed E-state index contributed by atoms with van der Waals surface area (Å²) in [5.74, 6) is -0.570. The summed E-state index contributed by atoms with van der Waals surface area (Å²) in [6, 6.07) is 14.4. The van der Waals surface area contributed by atoms with E-state index in [-0.39, 0.29) is 41.6 Å². The van der Waals surface area contributed by atoms with Crippen molar-refractivity contribution in [1.82, 2.24) is 9.80 Å². The maximum atomic E-state index is 13.1. The Bertz CT molecular complexity index is 938. The summed E-state index contributed by atoms with van der Waals surface area (Å²) < 4.78 is 13.1. The van der Waals surface area contributed by atoms with Crippen molar-refractivity contribution in [2.45, 2.75) is 38.6 Å². The van der Waals surface area contributed by atoms with Gasteiger partial charge in [-0.2, -0.15) is 0 Å². The second-order valence-corrected chi connectivity index (χ2v) is 8.96. The fraction of sp³-hybridized carbons (Fsp3) is 0.417. The van der Waals surface area contributed by atoms with Gasteiger partial charge in [0, 0.05) is 24.4 Å². The number of fused-ring (bicyclic) bond motifs is 3. The van der Waals surface area contributed by atoms with Crippen molar-refractivity contribution >= 4 is 11.8 Å². The number of rotatable bonds is 3. The molecule has 0 N–H and O–H groups in total. The Morgan fingerprint density at radius 3 is 2.59 bits per heavy atom. The molecule has 152 valence electrons. The number of amides is 2. The van der Waals surface area contributed by atoms with Gasteiger partial charge in [0.25, 0.3) is 0 Å². The third-order valence-electron chi connectivity index (χ3n) is 6.22. The predicted octanol–water partition coefficient (Wildman–Crippen LogP) is 3.71. The molecule has 0 spiro atoms. The molecule has 0 aromatic heterocycles. The molecule has 4 rings (SSSR count). The smallest absolute Gasteiger partial charge is 0.242 e. The first-order chi connectivity index (χ1) is 13.8. The molecule has 2 aliphatic heterocycles. The van der Waals surface area contributed by atoms with E-state index in [1.165, 1.54) is 17.7 Å². The third kappa shape index (κ3) is 3.66. The zero-order chi connectivity index (χ0) is 20.8. The van der Waals surface area contributed by atoms with Crippen molar-refractivity contribution < 1.29 is 14.0 Å². The van der Waals surface area contributed by atoms with Gasteiger partial charge >= 0.3 is 0 Å². The summed E-state index contributed by atoms with van der Waals surface area (Å²) >= 11 is 0. The first-order valence-electron chi connectivity index (χ1n) is 10.2. The van der Waals surface area contributed by atoms with Crippen molar-refractivity contribution in [2.24, 2.45) is 5.92 Å². The Balaban J connectivity index is 1.54. The first-order valence-corrected chi connectivity index (χ1v) is 10.2. The molecule has 2 amide bonds. The topological polar surface area (TPSA) is 40.6 Å². The van der Waals surface area contributed by atoms with Crippen LogP contribution in [0.15, 0.2) is 48.5 Å². The average molecular weight is 394 g/mol. The maximum absolute atomic E-state index is 13.1. The quantitative estimate of drug-likeness (QED) is 0.796. The average Bonchev–Trinajstić information content (AvgIpc) is 2.70. The van der Waals surface area contributed by atoms with Crippen LogP contribution in [0.1, 0.15) is 43.5 Å². The normalized spacial score (nSPS) is 21.4. The fourth-order valence-corrected chi connectivity index (χ4v) is 4.72. The van der Waals surface area contributed by atoms with Crippen LogP contribution in [0.5, 0.6) is 0 Å². The van der Waals surface area contributed by atoms with Crippen LogP contribution in [0.4, 0.5) is 4.39 Å². The molecular formula is C24H27FN2O2. The van der Waals surface area contributed by atoms with Crippen molar-refractivity contribution in [3.05, 3.63) is 71.0 Å². The Hall–Kier alpha value is -2.69. The van der Waals surface area contributed by atoms with Gasteiger partial charge in [-0.25, -0.2) is 4.39 Å². The van der Waals surface area contributed by atoms with Crippen LogP contribution >= 0.6 is 0 Å². The molecule has 5 heteroatoms. The summed E-state index contributed by atoms with van der Waals surface area (Å²) in [7, 11) is 0. The van der Waals surface area contributed by atoms with Crippen molar-refractivity contribution in [3.8, 4) is 0 Å². The number of nitrogens with zero attached hydrogens (tertiary/aromatic N) is 2. The molecule has 0 saturated carbocycles. The maximum Gasteiger partial charge on any atom is 0.242 e. The lowest BCUT2D eigenvalue weighted by molar-refractivity contribution is -0.152. The Kier molecular flexibility index (Phi) is 4.93. The number of hydrogen-bond acceptors (Lipinski definition) is 2. The standard InChI is InChI=1S/C24H27FN2O2/c1-16(12-17-8-10-18(25)11-9-17)23(29)26-13-21-19-6-4-5-7-20(19)24(2,3)15-27(21)22(28)14-26/h4-11,16,21H,12-15H2,1-3H3. The van der Waals surface area contributed by atoms with E-state index in [9.17, 15) is 14.0 Å². The summed E-state index contributed by atoms with van der Waals surface area (Å²) in [5, 5.41) is 0. The van der Waals surface area contributed by atoms with E-state index >= 15 is 0 Å². The van der Waals surface area contributed by atoms with Crippen molar-refractivity contribution in [2.75, 3.05) is 19.6 Å². The molecule has 0 bridgehead atoms. The summed E-state index contributed by atoms with van der Waals surface area (Å²) in [6.45, 7) is 7.52. The highest BCUT2D eigenvalue weighted by atomic mass is 19.1. The minimum Gasteiger partial charge on any atom is -0.331 e. The molecule has 1 saturated heterocycles. The molecule has 0 aliphatic carbocycles. The van der Waals surface area contributed by atoms with Gasteiger partial charge in [-0.1, -0.05) is 57.2 Å². The van der Waals surface area contributed by atoms with E-state index in [4.69, 9.17) is 0 Å². The van der Waals surface area contributed by atoms with E-state index in [1.807, 2.05) is 24.0 Å². The van der Waals surface area contributed by atoms with E-state index < -0.39 is 0 Å². The highest BCUT2D eigenvalue weighted by Gasteiger charge is 2.44. The van der Waals surface area contributed by atoms with E-state index in [0.29, 0.717) is 19.5 Å². The van der Waals surface area contributed by atoms with Crippen molar-refractivity contribution in [3.63, 3.8) is 0 Å². The predicted molar refractivity (Wildman–Crippen MR) is 110 cm³/mol. The minimum atomic E-state index is -0.284. The number of benzene rings is 2. The number of carbonyl (C=O) groups is 2. The van der Waals surface area contributed by atoms with Crippen LogP contribution < -0.4 is 0 Å². The molecule has 2 aromatic rings. The van der Waals surface area contributed by atoms with Crippen LogP contribution in [-0.2, 0) is 21.4 Å². The highest BCUT2D eigenvalue weighted by Crippen LogP contribution is 2.41. The summed E-state index contributed by atoms with van der Waals surface area (Å²) in [4.78, 5) is 29.7. The largest absolute Gasteiger partial charge is 0.331 e. The van der Waals surface area contributed by atoms with Gasteiger partial charge in [0.1, 0.15) is 5.82 Å². The molecule has 2 heterocycles. The van der Waals surface area contributed by atoms with Crippen LogP contribution in [0.25, 0.3) is 0 Å². The van der Waals surface area contributed by atoms with Crippen molar-refractivity contribution in [1.29, 1.82) is 0 Å². The SMILES string of the molecule is CC(Cc1ccc(F)cc1)C(=O)N1CC(=O)N2CC(C)(C)c3ccccc3C2C1. The molecule has 2 aromatic carbocycles. The van der Waals surface area contributed by atoms with Crippen LogP contribution in [0.3, 0.4) is 0 Å². The molecule has 2 unspecified atom stereocenters. The zero-order valence-electron chi connectivity index (χ0n) is 17.2. The minimum absolute atomic E-state index is 0.00570. The zero-order valence-corrected chi connectivity index (χ0v) is 17.2. The first kappa shape index (κ1) is 19.6. The fourth-order valence-electron chi connectivity index (χ4n) is 4.72. The van der Waals surface area contributed by atoms with Gasteiger partial charge in [-0.05, 0) is 35.2 Å². The van der Waals surface area contributed by atoms with Gasteiger partial charge in [0.15, 0.2) is 0 Å². The second-order valence-electron chi connectivity index (χ2n) is 8.96. The van der Waals surface area contributed by atoms with Crippen LogP contribution in [0, 0.1) is 11.7 Å². The number of carbonyl (C=O) groups excluding carboxylic acids is 2. The second kappa shape index (κ2) is 7.29. The lowest BCUT2D eigenvalue weighted by Crippen LogP contribution is -2.59. The summed E-state index contributed by atoms with van der Waals surface area (Å²) in [5.41, 5.74) is 3.20. The Morgan fingerprint density at radius 1 is 1.17 bits per heavy atom. The number of halogens is 1. The van der Waals surface area contributed by atoms with Crippen LogP contribution in [-0.4, -0.2) is 41.2 Å². The van der Waals surface area contributed by atoms with Gasteiger partial charge in [0.05, 0.1) is 12.6 Å². The molecule has 2 aliphatic rings. The van der Waals surface area contributed by atoms with Gasteiger partial charge in [-0.3, -0.25) is 9.59 Å². The third-order valence-corrected chi connectivity index (χ3v) is 6.22. The molecule has 4 nitrogen and oxygen atoms in total. The van der Waals surface area contributed by atoms with E-state index in [2.05, 4.69) is 26.0 Å². The summed E-state index contributed by atoms with van der Waals surface area (Å²) in [6.07, 6.45) is 0.530. The lowest BCUT2D eigenvalue weighted by Gasteiger charge is -2.50. The van der Waals surface area contributed by atoms with Gasteiger partial charge in [0.2, 0.25) is 11.8 Å². The van der Waals surface area contributed by atoms with E-state index in [1.54, 1.807) is 17.0 Å². The molecule has 29 heavy (non-hydrogen) atoms. The lowest BCUT2D eigenvalue weighted by atomic mass is 9.75. The van der Waals surface area contributed by atoms with Gasteiger partial charge < -0.3 is 9.80 Å².